The lowest BCUT2D eigenvalue weighted by molar-refractivity contribution is -0.144. The normalized spacial score (nSPS) is 11.8. The van der Waals surface area contributed by atoms with Gasteiger partial charge in [-0.05, 0) is 24.3 Å². The molecule has 0 saturated carbocycles. The van der Waals surface area contributed by atoms with Crippen LogP contribution in [0, 0.1) is 5.82 Å². The molecule has 0 bridgehead atoms. The highest BCUT2D eigenvalue weighted by molar-refractivity contribution is 5.83. The van der Waals surface area contributed by atoms with Crippen LogP contribution in [-0.2, 0) is 24.1 Å². The Bertz CT molecular complexity index is 883. The molecule has 0 radical (unpaired) electrons. The molecule has 3 aromatic rings. The number of benzene rings is 1. The van der Waals surface area contributed by atoms with Gasteiger partial charge in [-0.15, -0.1) is 5.10 Å². The van der Waals surface area contributed by atoms with Crippen molar-refractivity contribution in [3.8, 4) is 0 Å². The topological polar surface area (TPSA) is 75.6 Å². The predicted molar refractivity (Wildman–Crippen MR) is 75.1 cm³/mol. The first-order valence-electron chi connectivity index (χ1n) is 6.82. The summed E-state index contributed by atoms with van der Waals surface area (Å²) in [5.74, 6) is -2.20. The van der Waals surface area contributed by atoms with Crippen molar-refractivity contribution in [2.45, 2.75) is 19.3 Å². The van der Waals surface area contributed by atoms with E-state index in [1.165, 1.54) is 12.1 Å². The second-order valence-corrected chi connectivity index (χ2v) is 5.03. The quantitative estimate of drug-likeness (QED) is 0.715. The van der Waals surface area contributed by atoms with Crippen molar-refractivity contribution in [1.29, 1.82) is 0 Å². The average Bonchev–Trinajstić information content (AvgIpc) is 3.12. The summed E-state index contributed by atoms with van der Waals surface area (Å²) in [7, 11) is 0. The molecule has 6 nitrogen and oxygen atoms in total. The van der Waals surface area contributed by atoms with Gasteiger partial charge in [-0.25, -0.2) is 9.37 Å². The summed E-state index contributed by atoms with van der Waals surface area (Å²) in [6.45, 7) is -0.273. The Morgan fingerprint density at radius 2 is 2.08 bits per heavy atom. The van der Waals surface area contributed by atoms with Gasteiger partial charge in [0, 0.05) is 17.1 Å². The summed E-state index contributed by atoms with van der Waals surface area (Å²) in [5, 5.41) is 8.24. The zero-order valence-corrected chi connectivity index (χ0v) is 12.1. The predicted octanol–water partition coefficient (Wildman–Crippen LogP) is 2.23. The van der Waals surface area contributed by atoms with E-state index in [4.69, 9.17) is 0 Å². The first-order chi connectivity index (χ1) is 11.3. The van der Waals surface area contributed by atoms with Crippen LogP contribution in [0.1, 0.15) is 11.6 Å². The summed E-state index contributed by atoms with van der Waals surface area (Å²) in [4.78, 5) is 15.2. The largest absolute Gasteiger partial charge is 0.453 e. The van der Waals surface area contributed by atoms with E-state index in [1.54, 1.807) is 22.9 Å². The molecule has 10 heteroatoms. The third-order valence-electron chi connectivity index (χ3n) is 3.29. The van der Waals surface area contributed by atoms with Crippen LogP contribution in [-0.4, -0.2) is 25.7 Å². The van der Waals surface area contributed by atoms with Crippen molar-refractivity contribution >= 4 is 16.8 Å². The number of hydrogen-bond acceptors (Lipinski definition) is 3. The molecule has 3 rings (SSSR count). The molecule has 2 heterocycles. The maximum atomic E-state index is 13.1. The number of fused-ring (bicyclic) bond motifs is 1. The Balaban J connectivity index is 1.62. The Morgan fingerprint density at radius 1 is 1.29 bits per heavy atom. The molecule has 1 amide bonds. The van der Waals surface area contributed by atoms with E-state index in [0.717, 1.165) is 0 Å². The molecule has 0 spiro atoms. The molecule has 126 valence electrons. The molecular formula is C14H11F4N5O. The Labute approximate surface area is 132 Å². The third-order valence-corrected chi connectivity index (χ3v) is 3.29. The number of hydrogen-bond donors (Lipinski definition) is 2. The van der Waals surface area contributed by atoms with E-state index in [0.29, 0.717) is 10.9 Å². The lowest BCUT2D eigenvalue weighted by Crippen LogP contribution is -2.27. The molecule has 0 aliphatic rings. The second kappa shape index (κ2) is 5.95. The molecule has 0 aliphatic heterocycles. The summed E-state index contributed by atoms with van der Waals surface area (Å²) in [6.07, 6.45) is -3.02. The molecule has 0 atom stereocenters. The van der Waals surface area contributed by atoms with Gasteiger partial charge in [0.05, 0.1) is 6.54 Å². The number of halogens is 4. The van der Waals surface area contributed by atoms with Gasteiger partial charge in [0.25, 0.3) is 5.82 Å². The number of H-pyrrole nitrogens is 1. The fraction of sp³-hybridized carbons (Fsp3) is 0.214. The van der Waals surface area contributed by atoms with Gasteiger partial charge in [-0.2, -0.15) is 13.2 Å². The van der Waals surface area contributed by atoms with Gasteiger partial charge in [-0.1, -0.05) is 0 Å². The van der Waals surface area contributed by atoms with Gasteiger partial charge < -0.3 is 9.88 Å². The van der Waals surface area contributed by atoms with Crippen molar-refractivity contribution in [3.63, 3.8) is 0 Å². The van der Waals surface area contributed by atoms with Crippen LogP contribution in [0.5, 0.6) is 0 Å². The molecule has 2 aromatic heterocycles. The minimum atomic E-state index is -4.64. The van der Waals surface area contributed by atoms with Gasteiger partial charge in [0.2, 0.25) is 5.91 Å². The highest BCUT2D eigenvalue weighted by Crippen LogP contribution is 2.25. The van der Waals surface area contributed by atoms with Crippen LogP contribution in [0.15, 0.2) is 30.5 Å². The van der Waals surface area contributed by atoms with Crippen LogP contribution in [0.25, 0.3) is 10.9 Å². The molecule has 0 unspecified atom stereocenters. The van der Waals surface area contributed by atoms with Crippen molar-refractivity contribution < 1.29 is 22.4 Å². The average molecular weight is 341 g/mol. The monoisotopic (exact) mass is 341 g/mol. The maximum absolute atomic E-state index is 13.1. The number of carbonyl (C=O) groups excluding carboxylic acids is 1. The summed E-state index contributed by atoms with van der Waals surface area (Å²) >= 11 is 0. The van der Waals surface area contributed by atoms with E-state index in [2.05, 4.69) is 20.5 Å². The summed E-state index contributed by atoms with van der Waals surface area (Å²) in [6, 6.07) is 5.84. The maximum Gasteiger partial charge on any atom is 0.453 e. The highest BCUT2D eigenvalue weighted by atomic mass is 19.4. The van der Waals surface area contributed by atoms with E-state index in [9.17, 15) is 22.4 Å². The molecule has 2 N–H and O–H groups in total. The molecule has 1 aromatic carbocycles. The molecular weight excluding hydrogens is 330 g/mol. The highest BCUT2D eigenvalue weighted by Gasteiger charge is 2.35. The number of carbonyl (C=O) groups is 1. The Morgan fingerprint density at radius 3 is 2.79 bits per heavy atom. The SMILES string of the molecule is O=C(Cn1ccc2cc(F)ccc21)NCc1nc(C(F)(F)F)n[nH]1. The van der Waals surface area contributed by atoms with Crippen LogP contribution in [0.3, 0.4) is 0 Å². The number of rotatable bonds is 4. The first-order valence-corrected chi connectivity index (χ1v) is 6.82. The van der Waals surface area contributed by atoms with Crippen molar-refractivity contribution in [1.82, 2.24) is 25.1 Å². The van der Waals surface area contributed by atoms with E-state index in [1.807, 2.05) is 0 Å². The zero-order valence-electron chi connectivity index (χ0n) is 12.1. The summed E-state index contributed by atoms with van der Waals surface area (Å²) < 4.78 is 51.8. The van der Waals surface area contributed by atoms with Gasteiger partial charge >= 0.3 is 6.18 Å². The number of alkyl halides is 3. The Hall–Kier alpha value is -2.91. The van der Waals surface area contributed by atoms with Gasteiger partial charge in [0.15, 0.2) is 0 Å². The minimum absolute atomic E-state index is 0.0601. The summed E-state index contributed by atoms with van der Waals surface area (Å²) in [5.41, 5.74) is 0.672. The van der Waals surface area contributed by atoms with Crippen LogP contribution in [0.2, 0.25) is 0 Å². The standard InChI is InChI=1S/C14H11F4N5O/c15-9-1-2-10-8(5-9)3-4-23(10)7-12(24)19-6-11-20-13(22-21-11)14(16,17)18/h1-5H,6-7H2,(H,19,24)(H,20,21,22). The van der Waals surface area contributed by atoms with Crippen molar-refractivity contribution in [2.75, 3.05) is 0 Å². The zero-order chi connectivity index (χ0) is 17.3. The number of nitrogens with one attached hydrogen (secondary N) is 2. The van der Waals surface area contributed by atoms with Gasteiger partial charge in [0.1, 0.15) is 18.2 Å². The van der Waals surface area contributed by atoms with Crippen molar-refractivity contribution in [2.24, 2.45) is 0 Å². The molecule has 0 fully saturated rings. The molecule has 0 saturated heterocycles. The lowest BCUT2D eigenvalue weighted by atomic mass is 10.2. The Kier molecular flexibility index (Phi) is 3.96. The first kappa shape index (κ1) is 16.0. The number of nitrogens with zero attached hydrogens (tertiary/aromatic N) is 3. The van der Waals surface area contributed by atoms with Crippen molar-refractivity contribution in [3.05, 3.63) is 47.9 Å². The lowest BCUT2D eigenvalue weighted by Gasteiger charge is -2.06. The second-order valence-electron chi connectivity index (χ2n) is 5.03. The third kappa shape index (κ3) is 3.36. The van der Waals surface area contributed by atoms with Gasteiger partial charge in [-0.3, -0.25) is 9.89 Å². The van der Waals surface area contributed by atoms with E-state index in [-0.39, 0.29) is 24.7 Å². The van der Waals surface area contributed by atoms with Crippen LogP contribution >= 0.6 is 0 Å². The fourth-order valence-electron chi connectivity index (χ4n) is 2.20. The minimum Gasteiger partial charge on any atom is -0.347 e. The number of aromatic amines is 1. The molecule has 24 heavy (non-hydrogen) atoms. The van der Waals surface area contributed by atoms with Crippen LogP contribution < -0.4 is 5.32 Å². The fourth-order valence-corrected chi connectivity index (χ4v) is 2.20. The van der Waals surface area contributed by atoms with E-state index >= 15 is 0 Å². The van der Waals surface area contributed by atoms with Crippen LogP contribution in [0.4, 0.5) is 17.6 Å². The van der Waals surface area contributed by atoms with E-state index < -0.39 is 17.9 Å². The molecule has 0 aliphatic carbocycles. The number of aromatic nitrogens is 4. The smallest absolute Gasteiger partial charge is 0.347 e. The number of amides is 1.